The van der Waals surface area contributed by atoms with Gasteiger partial charge >= 0.3 is 0 Å². The highest BCUT2D eigenvalue weighted by Gasteiger charge is 2.44. The van der Waals surface area contributed by atoms with Gasteiger partial charge in [-0.05, 0) is 31.9 Å². The molecule has 0 aromatic rings. The standard InChI is InChI=1S/C16H32N2S/c1-4-15(3)13-17-16(9-7-6-8-10-16)14-18(15)11-12-19-5-2/h17H,4-14H2,1-3H3. The minimum Gasteiger partial charge on any atom is -0.308 e. The molecular formula is C16H32N2S. The van der Waals surface area contributed by atoms with Crippen molar-refractivity contribution < 1.29 is 0 Å². The number of nitrogens with one attached hydrogen (secondary N) is 1. The van der Waals surface area contributed by atoms with Crippen LogP contribution in [-0.2, 0) is 0 Å². The Morgan fingerprint density at radius 2 is 1.89 bits per heavy atom. The first-order valence-corrected chi connectivity index (χ1v) is 9.37. The number of rotatable bonds is 5. The van der Waals surface area contributed by atoms with Crippen molar-refractivity contribution in [2.75, 3.05) is 31.1 Å². The van der Waals surface area contributed by atoms with Gasteiger partial charge in [0.15, 0.2) is 0 Å². The fraction of sp³-hybridized carbons (Fsp3) is 1.00. The van der Waals surface area contributed by atoms with Crippen LogP contribution in [0.2, 0.25) is 0 Å². The molecule has 3 heteroatoms. The van der Waals surface area contributed by atoms with E-state index in [0.717, 1.165) is 0 Å². The maximum absolute atomic E-state index is 3.95. The predicted octanol–water partition coefficient (Wildman–Crippen LogP) is 3.52. The van der Waals surface area contributed by atoms with Crippen LogP contribution in [0.5, 0.6) is 0 Å². The van der Waals surface area contributed by atoms with Crippen LogP contribution in [0.25, 0.3) is 0 Å². The zero-order valence-corrected chi connectivity index (χ0v) is 14.0. The summed E-state index contributed by atoms with van der Waals surface area (Å²) in [5, 5.41) is 3.95. The molecule has 1 aliphatic carbocycles. The van der Waals surface area contributed by atoms with E-state index in [1.807, 2.05) is 0 Å². The van der Waals surface area contributed by atoms with Gasteiger partial charge in [-0.1, -0.05) is 33.1 Å². The third-order valence-electron chi connectivity index (χ3n) is 5.38. The zero-order valence-electron chi connectivity index (χ0n) is 13.1. The Kier molecular flexibility index (Phi) is 5.62. The van der Waals surface area contributed by atoms with Crippen LogP contribution < -0.4 is 5.32 Å². The molecule has 2 rings (SSSR count). The highest BCUT2D eigenvalue weighted by Crippen LogP contribution is 2.35. The Morgan fingerprint density at radius 3 is 2.53 bits per heavy atom. The quantitative estimate of drug-likeness (QED) is 0.778. The van der Waals surface area contributed by atoms with Crippen molar-refractivity contribution >= 4 is 11.8 Å². The molecule has 19 heavy (non-hydrogen) atoms. The van der Waals surface area contributed by atoms with Gasteiger partial charge in [-0.3, -0.25) is 4.90 Å². The molecule has 2 fully saturated rings. The van der Waals surface area contributed by atoms with Crippen molar-refractivity contribution in [1.29, 1.82) is 0 Å². The van der Waals surface area contributed by atoms with E-state index in [-0.39, 0.29) is 0 Å². The van der Waals surface area contributed by atoms with Gasteiger partial charge in [0.25, 0.3) is 0 Å². The Morgan fingerprint density at radius 1 is 1.16 bits per heavy atom. The summed E-state index contributed by atoms with van der Waals surface area (Å²) in [6, 6.07) is 0. The molecule has 112 valence electrons. The lowest BCUT2D eigenvalue weighted by Crippen LogP contribution is -2.69. The second kappa shape index (κ2) is 6.82. The maximum Gasteiger partial charge on any atom is 0.0309 e. The number of piperazine rings is 1. The van der Waals surface area contributed by atoms with Crippen molar-refractivity contribution in [3.63, 3.8) is 0 Å². The smallest absolute Gasteiger partial charge is 0.0309 e. The third-order valence-corrected chi connectivity index (χ3v) is 6.26. The highest BCUT2D eigenvalue weighted by molar-refractivity contribution is 7.99. The molecule has 1 spiro atoms. The average molecular weight is 285 g/mol. The van der Waals surface area contributed by atoms with E-state index < -0.39 is 0 Å². The molecule has 2 aliphatic rings. The molecule has 2 nitrogen and oxygen atoms in total. The lowest BCUT2D eigenvalue weighted by Gasteiger charge is -2.54. The number of nitrogens with zero attached hydrogens (tertiary/aromatic N) is 1. The van der Waals surface area contributed by atoms with Crippen molar-refractivity contribution in [2.45, 2.75) is 70.4 Å². The van der Waals surface area contributed by atoms with Gasteiger partial charge in [-0.25, -0.2) is 0 Å². The van der Waals surface area contributed by atoms with Gasteiger partial charge in [0.2, 0.25) is 0 Å². The van der Waals surface area contributed by atoms with E-state index >= 15 is 0 Å². The van der Waals surface area contributed by atoms with Gasteiger partial charge in [-0.2, -0.15) is 11.8 Å². The van der Waals surface area contributed by atoms with Crippen LogP contribution in [0.3, 0.4) is 0 Å². The molecule has 1 saturated carbocycles. The summed E-state index contributed by atoms with van der Waals surface area (Å²) in [5.74, 6) is 2.54. The molecule has 0 bridgehead atoms. The molecule has 0 aromatic carbocycles. The molecule has 1 aliphatic heterocycles. The van der Waals surface area contributed by atoms with E-state index in [9.17, 15) is 0 Å². The van der Waals surface area contributed by atoms with E-state index in [4.69, 9.17) is 0 Å². The first-order chi connectivity index (χ1) is 9.14. The molecule has 0 radical (unpaired) electrons. The Labute approximate surface area is 124 Å². The zero-order chi connectivity index (χ0) is 13.8. The van der Waals surface area contributed by atoms with Crippen molar-refractivity contribution in [2.24, 2.45) is 0 Å². The SMILES string of the molecule is CCSCCN1CC2(CCCCC2)NCC1(C)CC. The maximum atomic E-state index is 3.95. The molecule has 1 atom stereocenters. The number of hydrogen-bond donors (Lipinski definition) is 1. The second-order valence-corrected chi connectivity index (χ2v) is 8.06. The van der Waals surface area contributed by atoms with Gasteiger partial charge in [-0.15, -0.1) is 0 Å². The van der Waals surface area contributed by atoms with E-state index in [1.54, 1.807) is 0 Å². The van der Waals surface area contributed by atoms with Crippen LogP contribution in [0.15, 0.2) is 0 Å². The fourth-order valence-electron chi connectivity index (χ4n) is 3.68. The van der Waals surface area contributed by atoms with Crippen LogP contribution in [0.4, 0.5) is 0 Å². The molecular weight excluding hydrogens is 252 g/mol. The van der Waals surface area contributed by atoms with Crippen molar-refractivity contribution in [3.05, 3.63) is 0 Å². The highest BCUT2D eigenvalue weighted by atomic mass is 32.2. The normalized spacial score (nSPS) is 31.7. The van der Waals surface area contributed by atoms with Crippen molar-refractivity contribution in [3.8, 4) is 0 Å². The fourth-order valence-corrected chi connectivity index (χ4v) is 4.32. The Balaban J connectivity index is 1.99. The Hall–Kier alpha value is 0.270. The van der Waals surface area contributed by atoms with E-state index in [0.29, 0.717) is 11.1 Å². The molecule has 1 heterocycles. The van der Waals surface area contributed by atoms with Crippen LogP contribution >= 0.6 is 11.8 Å². The van der Waals surface area contributed by atoms with Gasteiger partial charge in [0.05, 0.1) is 0 Å². The second-order valence-electron chi connectivity index (χ2n) is 6.66. The summed E-state index contributed by atoms with van der Waals surface area (Å²) in [4.78, 5) is 2.80. The minimum absolute atomic E-state index is 0.372. The molecule has 0 aromatic heterocycles. The van der Waals surface area contributed by atoms with Gasteiger partial charge in [0, 0.05) is 36.5 Å². The van der Waals surface area contributed by atoms with Crippen LogP contribution in [0.1, 0.15) is 59.3 Å². The molecule has 1 N–H and O–H groups in total. The van der Waals surface area contributed by atoms with Crippen LogP contribution in [0, 0.1) is 0 Å². The first-order valence-electron chi connectivity index (χ1n) is 8.22. The van der Waals surface area contributed by atoms with Gasteiger partial charge in [0.1, 0.15) is 0 Å². The first kappa shape index (κ1) is 15.7. The Bertz CT molecular complexity index is 276. The molecule has 0 amide bonds. The number of thioether (sulfide) groups is 1. The minimum atomic E-state index is 0.372. The molecule has 1 saturated heterocycles. The summed E-state index contributed by atoms with van der Waals surface area (Å²) in [5.41, 5.74) is 0.820. The summed E-state index contributed by atoms with van der Waals surface area (Å²) in [7, 11) is 0. The average Bonchev–Trinajstić information content (AvgIpc) is 2.44. The summed E-state index contributed by atoms with van der Waals surface area (Å²) < 4.78 is 0. The largest absolute Gasteiger partial charge is 0.308 e. The van der Waals surface area contributed by atoms with E-state index in [1.165, 1.54) is 69.7 Å². The summed E-state index contributed by atoms with van der Waals surface area (Å²) in [6.45, 7) is 10.8. The van der Waals surface area contributed by atoms with E-state index in [2.05, 4.69) is 42.7 Å². The van der Waals surface area contributed by atoms with Crippen molar-refractivity contribution in [1.82, 2.24) is 10.2 Å². The lowest BCUT2D eigenvalue weighted by atomic mass is 9.77. The predicted molar refractivity (Wildman–Crippen MR) is 87.1 cm³/mol. The lowest BCUT2D eigenvalue weighted by molar-refractivity contribution is 0.00323. The summed E-state index contributed by atoms with van der Waals surface area (Å²) in [6.07, 6.45) is 8.34. The van der Waals surface area contributed by atoms with Crippen LogP contribution in [-0.4, -0.2) is 47.1 Å². The molecule has 1 unspecified atom stereocenters. The number of hydrogen-bond acceptors (Lipinski definition) is 3. The monoisotopic (exact) mass is 284 g/mol. The summed E-state index contributed by atoms with van der Waals surface area (Å²) >= 11 is 2.09. The third kappa shape index (κ3) is 3.68. The van der Waals surface area contributed by atoms with Gasteiger partial charge < -0.3 is 5.32 Å². The topological polar surface area (TPSA) is 15.3 Å².